The van der Waals surface area contributed by atoms with Crippen molar-refractivity contribution in [1.82, 2.24) is 4.72 Å². The minimum Gasteiger partial charge on any atom is -0.496 e. The molecule has 0 heterocycles. The number of benzene rings is 1. The van der Waals surface area contributed by atoms with E-state index in [-0.39, 0.29) is 35.2 Å². The van der Waals surface area contributed by atoms with Crippen LogP contribution in [-0.2, 0) is 14.8 Å². The molecule has 0 unspecified atom stereocenters. The van der Waals surface area contributed by atoms with Crippen LogP contribution in [0.15, 0.2) is 23.1 Å². The Morgan fingerprint density at radius 2 is 1.83 bits per heavy atom. The number of rotatable bonds is 8. The van der Waals surface area contributed by atoms with Gasteiger partial charge in [-0.05, 0) is 31.0 Å². The zero-order valence-electron chi connectivity index (χ0n) is 14.3. The van der Waals surface area contributed by atoms with Gasteiger partial charge >= 0.3 is 5.97 Å². The Labute approximate surface area is 149 Å². The van der Waals surface area contributed by atoms with Crippen molar-refractivity contribution in [2.24, 2.45) is 5.73 Å². The Morgan fingerprint density at radius 3 is 2.25 bits per heavy atom. The number of sulfonamides is 1. The number of methoxy groups -OCH3 is 2. The number of esters is 1. The molecule has 0 bridgehead atoms. The number of ether oxygens (including phenoxy) is 2. The summed E-state index contributed by atoms with van der Waals surface area (Å²) < 4.78 is 37.6. The van der Waals surface area contributed by atoms with Gasteiger partial charge in [-0.3, -0.25) is 0 Å². The maximum absolute atomic E-state index is 12.6. The summed E-state index contributed by atoms with van der Waals surface area (Å²) in [6.07, 6.45) is 1.11. The molecule has 9 heteroatoms. The van der Waals surface area contributed by atoms with Gasteiger partial charge in [0.2, 0.25) is 10.0 Å². The molecule has 0 atom stereocenters. The second-order valence-corrected chi connectivity index (χ2v) is 6.83. The highest BCUT2D eigenvalue weighted by Crippen LogP contribution is 2.25. The maximum Gasteiger partial charge on any atom is 0.341 e. The summed E-state index contributed by atoms with van der Waals surface area (Å²) in [6, 6.07) is 4.03. The first-order valence-electron chi connectivity index (χ1n) is 7.29. The minimum absolute atomic E-state index is 0. The van der Waals surface area contributed by atoms with Crippen molar-refractivity contribution >= 4 is 28.4 Å². The second kappa shape index (κ2) is 9.22. The Kier molecular flexibility index (Phi) is 8.70. The number of nitrogens with one attached hydrogen (secondary N) is 1. The lowest BCUT2D eigenvalue weighted by Gasteiger charge is -2.31. The van der Waals surface area contributed by atoms with Gasteiger partial charge in [-0.2, -0.15) is 0 Å². The summed E-state index contributed by atoms with van der Waals surface area (Å²) >= 11 is 0. The molecule has 1 aromatic rings. The predicted molar refractivity (Wildman–Crippen MR) is 94.3 cm³/mol. The van der Waals surface area contributed by atoms with Crippen LogP contribution in [0.3, 0.4) is 0 Å². The summed E-state index contributed by atoms with van der Waals surface area (Å²) in [7, 11) is -1.23. The molecule has 138 valence electrons. The van der Waals surface area contributed by atoms with Gasteiger partial charge in [0.25, 0.3) is 0 Å². The smallest absolute Gasteiger partial charge is 0.341 e. The van der Waals surface area contributed by atoms with Crippen molar-refractivity contribution in [3.63, 3.8) is 0 Å². The molecule has 3 N–H and O–H groups in total. The van der Waals surface area contributed by atoms with Crippen LogP contribution in [0.5, 0.6) is 5.75 Å². The first-order valence-corrected chi connectivity index (χ1v) is 8.77. The van der Waals surface area contributed by atoms with Crippen molar-refractivity contribution in [1.29, 1.82) is 0 Å². The van der Waals surface area contributed by atoms with E-state index in [2.05, 4.69) is 9.46 Å². The Morgan fingerprint density at radius 1 is 1.25 bits per heavy atom. The molecule has 0 spiro atoms. The number of hydrogen-bond donors (Lipinski definition) is 2. The van der Waals surface area contributed by atoms with Crippen molar-refractivity contribution < 1.29 is 22.7 Å². The Hall–Kier alpha value is -1.35. The molecule has 0 aliphatic rings. The molecule has 1 rings (SSSR count). The van der Waals surface area contributed by atoms with E-state index in [1.807, 2.05) is 13.8 Å². The largest absolute Gasteiger partial charge is 0.496 e. The maximum atomic E-state index is 12.6. The third kappa shape index (κ3) is 4.83. The average molecular weight is 381 g/mol. The third-order valence-electron chi connectivity index (χ3n) is 3.98. The van der Waals surface area contributed by atoms with Gasteiger partial charge in [0.1, 0.15) is 11.3 Å². The van der Waals surface area contributed by atoms with Crippen LogP contribution in [0, 0.1) is 0 Å². The van der Waals surface area contributed by atoms with E-state index >= 15 is 0 Å². The minimum atomic E-state index is -3.84. The fourth-order valence-corrected chi connectivity index (χ4v) is 3.77. The molecular formula is C15H25ClN2O5S. The van der Waals surface area contributed by atoms with Gasteiger partial charge in [-0.25, -0.2) is 17.9 Å². The molecule has 0 radical (unpaired) electrons. The standard InChI is InChI=1S/C15H24N2O5S.ClH/c1-5-15(6-2,10-16)17-23(19,20)11-7-8-13(21-3)12(9-11)14(18)22-4;/h7-9,17H,5-6,10,16H2,1-4H3;1H. The van der Waals surface area contributed by atoms with E-state index in [9.17, 15) is 13.2 Å². The number of halogens is 1. The van der Waals surface area contributed by atoms with Crippen molar-refractivity contribution in [2.75, 3.05) is 20.8 Å². The van der Waals surface area contributed by atoms with E-state index in [0.717, 1.165) is 0 Å². The highest BCUT2D eigenvalue weighted by atomic mass is 35.5. The number of carbonyl (C=O) groups is 1. The molecule has 0 aromatic heterocycles. The highest BCUT2D eigenvalue weighted by Gasteiger charge is 2.31. The lowest BCUT2D eigenvalue weighted by atomic mass is 9.95. The van der Waals surface area contributed by atoms with Crippen LogP contribution < -0.4 is 15.2 Å². The van der Waals surface area contributed by atoms with Crippen LogP contribution in [0.2, 0.25) is 0 Å². The highest BCUT2D eigenvalue weighted by molar-refractivity contribution is 7.89. The Balaban J connectivity index is 0.00000529. The van der Waals surface area contributed by atoms with Crippen molar-refractivity contribution in [3.05, 3.63) is 23.8 Å². The first kappa shape index (κ1) is 22.6. The van der Waals surface area contributed by atoms with E-state index < -0.39 is 21.5 Å². The first-order chi connectivity index (χ1) is 10.8. The molecule has 0 aliphatic heterocycles. The van der Waals surface area contributed by atoms with E-state index in [4.69, 9.17) is 10.5 Å². The number of hydrogen-bond acceptors (Lipinski definition) is 6. The summed E-state index contributed by atoms with van der Waals surface area (Å²) in [5.74, 6) is -0.429. The fraction of sp³-hybridized carbons (Fsp3) is 0.533. The summed E-state index contributed by atoms with van der Waals surface area (Å²) in [4.78, 5) is 11.7. The molecule has 0 fully saturated rings. The van der Waals surface area contributed by atoms with E-state index in [1.54, 1.807) is 0 Å². The predicted octanol–water partition coefficient (Wildman–Crippen LogP) is 1.70. The molecule has 0 saturated heterocycles. The molecule has 0 amide bonds. The van der Waals surface area contributed by atoms with Gasteiger partial charge < -0.3 is 15.2 Å². The van der Waals surface area contributed by atoms with Gasteiger partial charge in [0.05, 0.1) is 19.1 Å². The fourth-order valence-electron chi connectivity index (χ4n) is 2.19. The van der Waals surface area contributed by atoms with Crippen LogP contribution in [0.1, 0.15) is 37.0 Å². The third-order valence-corrected chi connectivity index (χ3v) is 5.56. The average Bonchev–Trinajstić information content (AvgIpc) is 2.58. The topological polar surface area (TPSA) is 108 Å². The van der Waals surface area contributed by atoms with E-state index in [0.29, 0.717) is 12.8 Å². The Bertz CT molecular complexity index is 652. The van der Waals surface area contributed by atoms with Crippen LogP contribution in [0.4, 0.5) is 0 Å². The van der Waals surface area contributed by atoms with Crippen molar-refractivity contribution in [3.8, 4) is 5.75 Å². The van der Waals surface area contributed by atoms with Crippen LogP contribution in [-0.4, -0.2) is 40.7 Å². The summed E-state index contributed by atoms with van der Waals surface area (Å²) in [5.41, 5.74) is 5.07. The summed E-state index contributed by atoms with van der Waals surface area (Å²) in [5, 5.41) is 0. The lowest BCUT2D eigenvalue weighted by molar-refractivity contribution is 0.0597. The SMILES string of the molecule is CCC(CC)(CN)NS(=O)(=O)c1ccc(OC)c(C(=O)OC)c1.Cl. The zero-order valence-corrected chi connectivity index (χ0v) is 15.9. The second-order valence-electron chi connectivity index (χ2n) is 5.15. The monoisotopic (exact) mass is 380 g/mol. The quantitative estimate of drug-likeness (QED) is 0.664. The molecule has 24 heavy (non-hydrogen) atoms. The van der Waals surface area contributed by atoms with E-state index in [1.165, 1.54) is 32.4 Å². The molecular weight excluding hydrogens is 356 g/mol. The molecule has 0 saturated carbocycles. The van der Waals surface area contributed by atoms with Gasteiger partial charge in [0.15, 0.2) is 0 Å². The zero-order chi connectivity index (χ0) is 17.7. The number of carbonyl (C=O) groups excluding carboxylic acids is 1. The van der Waals surface area contributed by atoms with Crippen molar-refractivity contribution in [2.45, 2.75) is 37.1 Å². The van der Waals surface area contributed by atoms with Gasteiger partial charge in [-0.1, -0.05) is 13.8 Å². The van der Waals surface area contributed by atoms with Gasteiger partial charge in [-0.15, -0.1) is 12.4 Å². The van der Waals surface area contributed by atoms with Crippen LogP contribution >= 0.6 is 12.4 Å². The lowest BCUT2D eigenvalue weighted by Crippen LogP contribution is -2.52. The number of nitrogens with two attached hydrogens (primary N) is 1. The molecule has 0 aliphatic carbocycles. The molecule has 7 nitrogen and oxygen atoms in total. The summed E-state index contributed by atoms with van der Waals surface area (Å²) in [6.45, 7) is 3.92. The molecule has 1 aromatic carbocycles. The van der Waals surface area contributed by atoms with Crippen LogP contribution in [0.25, 0.3) is 0 Å². The van der Waals surface area contributed by atoms with Gasteiger partial charge in [0, 0.05) is 12.1 Å². The normalized spacial score (nSPS) is 11.5.